The van der Waals surface area contributed by atoms with Crippen molar-refractivity contribution in [1.29, 1.82) is 0 Å². The maximum Gasteiger partial charge on any atom is 0.0469 e. The monoisotopic (exact) mass is 219 g/mol. The molecule has 2 nitrogen and oxygen atoms in total. The van der Waals surface area contributed by atoms with Crippen LogP contribution in [0.1, 0.15) is 18.4 Å². The summed E-state index contributed by atoms with van der Waals surface area (Å²) < 4.78 is 5.42. The van der Waals surface area contributed by atoms with E-state index in [0.29, 0.717) is 6.04 Å². The Morgan fingerprint density at radius 1 is 1.25 bits per heavy atom. The van der Waals surface area contributed by atoms with Crippen LogP contribution in [-0.4, -0.2) is 26.3 Å². The van der Waals surface area contributed by atoms with E-state index >= 15 is 0 Å². The molecule has 1 saturated heterocycles. The van der Waals surface area contributed by atoms with Crippen molar-refractivity contribution in [3.8, 4) is 0 Å². The molecule has 1 aromatic carbocycles. The van der Waals surface area contributed by atoms with E-state index < -0.39 is 0 Å². The van der Waals surface area contributed by atoms with Crippen LogP contribution in [0.3, 0.4) is 0 Å². The van der Waals surface area contributed by atoms with Crippen molar-refractivity contribution < 1.29 is 4.74 Å². The first kappa shape index (κ1) is 11.6. The molecule has 1 atom stereocenters. The molecule has 2 rings (SSSR count). The molecule has 0 spiro atoms. The SMILES string of the molecule is CNC(Cc1ccccc1)C1CCOCC1. The van der Waals surface area contributed by atoms with Crippen molar-refractivity contribution in [3.63, 3.8) is 0 Å². The molecule has 1 N–H and O–H groups in total. The highest BCUT2D eigenvalue weighted by molar-refractivity contribution is 5.16. The van der Waals surface area contributed by atoms with E-state index in [4.69, 9.17) is 4.74 Å². The fraction of sp³-hybridized carbons (Fsp3) is 0.571. The number of nitrogens with one attached hydrogen (secondary N) is 1. The molecular formula is C14H21NO. The smallest absolute Gasteiger partial charge is 0.0469 e. The minimum absolute atomic E-state index is 0.589. The minimum atomic E-state index is 0.589. The lowest BCUT2D eigenvalue weighted by atomic mass is 9.88. The molecule has 1 aromatic rings. The van der Waals surface area contributed by atoms with Crippen molar-refractivity contribution in [2.45, 2.75) is 25.3 Å². The highest BCUT2D eigenvalue weighted by Gasteiger charge is 2.22. The van der Waals surface area contributed by atoms with Gasteiger partial charge in [0, 0.05) is 19.3 Å². The van der Waals surface area contributed by atoms with Gasteiger partial charge in [-0.15, -0.1) is 0 Å². The number of hydrogen-bond donors (Lipinski definition) is 1. The van der Waals surface area contributed by atoms with Gasteiger partial charge >= 0.3 is 0 Å². The van der Waals surface area contributed by atoms with Crippen molar-refractivity contribution in [1.82, 2.24) is 5.32 Å². The quantitative estimate of drug-likeness (QED) is 0.838. The normalized spacial score (nSPS) is 19.6. The highest BCUT2D eigenvalue weighted by Crippen LogP contribution is 2.21. The van der Waals surface area contributed by atoms with Gasteiger partial charge in [0.15, 0.2) is 0 Å². The molecule has 1 heterocycles. The van der Waals surface area contributed by atoms with Gasteiger partial charge in [-0.05, 0) is 37.8 Å². The van der Waals surface area contributed by atoms with E-state index in [9.17, 15) is 0 Å². The van der Waals surface area contributed by atoms with Crippen LogP contribution < -0.4 is 5.32 Å². The van der Waals surface area contributed by atoms with E-state index in [2.05, 4.69) is 42.7 Å². The van der Waals surface area contributed by atoms with Crippen molar-refractivity contribution in [3.05, 3.63) is 35.9 Å². The third-order valence-corrected chi connectivity index (χ3v) is 3.50. The summed E-state index contributed by atoms with van der Waals surface area (Å²) in [5.74, 6) is 0.763. The lowest BCUT2D eigenvalue weighted by Gasteiger charge is -2.30. The van der Waals surface area contributed by atoms with Gasteiger partial charge in [-0.2, -0.15) is 0 Å². The maximum absolute atomic E-state index is 5.42. The van der Waals surface area contributed by atoms with Gasteiger partial charge in [0.25, 0.3) is 0 Å². The first-order valence-electron chi connectivity index (χ1n) is 6.19. The molecule has 16 heavy (non-hydrogen) atoms. The van der Waals surface area contributed by atoms with Crippen LogP contribution >= 0.6 is 0 Å². The van der Waals surface area contributed by atoms with Crippen LogP contribution in [0.4, 0.5) is 0 Å². The second-order valence-corrected chi connectivity index (χ2v) is 4.53. The average Bonchev–Trinajstić information content (AvgIpc) is 2.38. The van der Waals surface area contributed by atoms with Crippen molar-refractivity contribution in [2.24, 2.45) is 5.92 Å². The second-order valence-electron chi connectivity index (χ2n) is 4.53. The molecular weight excluding hydrogens is 198 g/mol. The van der Waals surface area contributed by atoms with Gasteiger partial charge in [0.05, 0.1) is 0 Å². The fourth-order valence-corrected chi connectivity index (χ4v) is 2.49. The molecule has 0 bridgehead atoms. The van der Waals surface area contributed by atoms with E-state index in [1.807, 2.05) is 0 Å². The molecule has 0 amide bonds. The first-order valence-corrected chi connectivity index (χ1v) is 6.19. The van der Waals surface area contributed by atoms with Crippen LogP contribution in [0.25, 0.3) is 0 Å². The molecule has 0 saturated carbocycles. The molecule has 1 aliphatic heterocycles. The maximum atomic E-state index is 5.42. The predicted octanol–water partition coefficient (Wildman–Crippen LogP) is 2.24. The van der Waals surface area contributed by atoms with Crippen molar-refractivity contribution in [2.75, 3.05) is 20.3 Å². The third-order valence-electron chi connectivity index (χ3n) is 3.50. The average molecular weight is 219 g/mol. The summed E-state index contributed by atoms with van der Waals surface area (Å²) in [7, 11) is 2.07. The lowest BCUT2D eigenvalue weighted by Crippen LogP contribution is -2.38. The topological polar surface area (TPSA) is 21.3 Å². The Morgan fingerprint density at radius 2 is 1.94 bits per heavy atom. The summed E-state index contributed by atoms with van der Waals surface area (Å²) in [6.45, 7) is 1.86. The van der Waals surface area contributed by atoms with Crippen LogP contribution in [-0.2, 0) is 11.2 Å². The summed E-state index contributed by atoms with van der Waals surface area (Å²) in [5, 5.41) is 3.46. The summed E-state index contributed by atoms with van der Waals surface area (Å²) in [5.41, 5.74) is 1.42. The minimum Gasteiger partial charge on any atom is -0.381 e. The van der Waals surface area contributed by atoms with E-state index in [-0.39, 0.29) is 0 Å². The summed E-state index contributed by atoms with van der Waals surface area (Å²) in [6, 6.07) is 11.3. The Labute approximate surface area is 98.0 Å². The zero-order valence-corrected chi connectivity index (χ0v) is 9.99. The standard InChI is InChI=1S/C14H21NO/c1-15-14(13-7-9-16-10-8-13)11-12-5-3-2-4-6-12/h2-6,13-15H,7-11H2,1H3. The number of hydrogen-bond acceptors (Lipinski definition) is 2. The molecule has 0 aromatic heterocycles. The van der Waals surface area contributed by atoms with E-state index in [1.165, 1.54) is 18.4 Å². The van der Waals surface area contributed by atoms with Crippen molar-refractivity contribution >= 4 is 0 Å². The molecule has 1 fully saturated rings. The molecule has 88 valence electrons. The van der Waals surface area contributed by atoms with Gasteiger partial charge in [-0.1, -0.05) is 30.3 Å². The van der Waals surface area contributed by atoms with Gasteiger partial charge in [-0.25, -0.2) is 0 Å². The molecule has 1 aliphatic rings. The lowest BCUT2D eigenvalue weighted by molar-refractivity contribution is 0.0547. The van der Waals surface area contributed by atoms with Gasteiger partial charge < -0.3 is 10.1 Å². The largest absolute Gasteiger partial charge is 0.381 e. The Kier molecular flexibility index (Phi) is 4.37. The summed E-state index contributed by atoms with van der Waals surface area (Å²) >= 11 is 0. The fourth-order valence-electron chi connectivity index (χ4n) is 2.49. The molecule has 1 unspecified atom stereocenters. The Balaban J connectivity index is 1.94. The zero-order chi connectivity index (χ0) is 11.2. The number of ether oxygens (including phenoxy) is 1. The van der Waals surface area contributed by atoms with E-state index in [1.54, 1.807) is 0 Å². The summed E-state index contributed by atoms with van der Waals surface area (Å²) in [4.78, 5) is 0. The summed E-state index contributed by atoms with van der Waals surface area (Å²) in [6.07, 6.45) is 3.51. The number of rotatable bonds is 4. The first-order chi connectivity index (χ1) is 7.90. The van der Waals surface area contributed by atoms with Gasteiger partial charge in [-0.3, -0.25) is 0 Å². The second kappa shape index (κ2) is 6.02. The van der Waals surface area contributed by atoms with Gasteiger partial charge in [0.1, 0.15) is 0 Å². The number of benzene rings is 1. The molecule has 2 heteroatoms. The van der Waals surface area contributed by atoms with Crippen LogP contribution in [0.5, 0.6) is 0 Å². The highest BCUT2D eigenvalue weighted by atomic mass is 16.5. The third kappa shape index (κ3) is 3.06. The van der Waals surface area contributed by atoms with Crippen LogP contribution in [0.2, 0.25) is 0 Å². The number of likely N-dealkylation sites (N-methyl/N-ethyl adjacent to an activating group) is 1. The molecule has 0 aliphatic carbocycles. The van der Waals surface area contributed by atoms with Crippen LogP contribution in [0, 0.1) is 5.92 Å². The molecule has 0 radical (unpaired) electrons. The van der Waals surface area contributed by atoms with Gasteiger partial charge in [0.2, 0.25) is 0 Å². The van der Waals surface area contributed by atoms with Crippen LogP contribution in [0.15, 0.2) is 30.3 Å². The van der Waals surface area contributed by atoms with E-state index in [0.717, 1.165) is 25.6 Å². The Morgan fingerprint density at radius 3 is 2.56 bits per heavy atom. The zero-order valence-electron chi connectivity index (χ0n) is 9.99. The predicted molar refractivity (Wildman–Crippen MR) is 66.5 cm³/mol. The Hall–Kier alpha value is -0.860. The Bertz CT molecular complexity index is 293.